The third kappa shape index (κ3) is 4.28. The number of nitrogens with one attached hydrogen (secondary N) is 1. The second-order valence-corrected chi connectivity index (χ2v) is 5.99. The average Bonchev–Trinajstić information content (AvgIpc) is 2.87. The minimum absolute atomic E-state index is 0.0133. The zero-order valence-corrected chi connectivity index (χ0v) is 13.5. The molecular formula is C18H21FN4O. The van der Waals surface area contributed by atoms with E-state index in [1.54, 1.807) is 30.6 Å². The molecule has 6 heteroatoms. The Morgan fingerprint density at radius 3 is 2.42 bits per heavy atom. The van der Waals surface area contributed by atoms with E-state index in [9.17, 15) is 9.18 Å². The minimum Gasteiger partial charge on any atom is -0.341 e. The number of amides is 1. The van der Waals surface area contributed by atoms with Crippen LogP contribution in [0.2, 0.25) is 0 Å². The molecule has 1 fully saturated rings. The molecule has 0 spiro atoms. The van der Waals surface area contributed by atoms with E-state index < -0.39 is 0 Å². The van der Waals surface area contributed by atoms with Crippen molar-refractivity contribution in [1.29, 1.82) is 0 Å². The van der Waals surface area contributed by atoms with E-state index in [0.717, 1.165) is 25.9 Å². The number of anilines is 2. The maximum Gasteiger partial charge on any atom is 0.228 e. The van der Waals surface area contributed by atoms with Crippen molar-refractivity contribution in [1.82, 2.24) is 9.97 Å². The van der Waals surface area contributed by atoms with Crippen LogP contribution >= 0.6 is 0 Å². The van der Waals surface area contributed by atoms with Crippen LogP contribution < -0.4 is 10.2 Å². The number of halogens is 1. The summed E-state index contributed by atoms with van der Waals surface area (Å²) in [5.41, 5.74) is 0.895. The smallest absolute Gasteiger partial charge is 0.228 e. The summed E-state index contributed by atoms with van der Waals surface area (Å²) in [5.74, 6) is 0.0376. The van der Waals surface area contributed by atoms with Gasteiger partial charge in [0.1, 0.15) is 5.82 Å². The molecule has 1 aromatic carbocycles. The first-order valence-corrected chi connectivity index (χ1v) is 8.32. The molecule has 0 atom stereocenters. The number of carbonyl (C=O) groups excluding carboxylic acids is 1. The summed E-state index contributed by atoms with van der Waals surface area (Å²) in [6.07, 6.45) is 8.01. The van der Waals surface area contributed by atoms with Crippen LogP contribution in [-0.2, 0) is 11.2 Å². The van der Waals surface area contributed by atoms with Gasteiger partial charge in [0.25, 0.3) is 0 Å². The van der Waals surface area contributed by atoms with E-state index in [1.807, 2.05) is 0 Å². The third-order valence-corrected chi connectivity index (χ3v) is 4.12. The van der Waals surface area contributed by atoms with Gasteiger partial charge in [0.15, 0.2) is 0 Å². The zero-order chi connectivity index (χ0) is 16.8. The second-order valence-electron chi connectivity index (χ2n) is 5.99. The Morgan fingerprint density at radius 2 is 1.75 bits per heavy atom. The molecule has 0 unspecified atom stereocenters. The maximum atomic E-state index is 13.6. The standard InChI is InChI=1S/C18H21FN4O/c19-16-8-4-3-7-14(16)11-17(24)22-15-12-20-18(21-13-15)23-9-5-1-2-6-10-23/h3-4,7-8,12-13H,1-2,5-6,9-11H2,(H,22,24). The summed E-state index contributed by atoms with van der Waals surface area (Å²) in [7, 11) is 0. The van der Waals surface area contributed by atoms with Gasteiger partial charge in [-0.2, -0.15) is 0 Å². The molecule has 2 heterocycles. The maximum absolute atomic E-state index is 13.6. The van der Waals surface area contributed by atoms with E-state index in [0.29, 0.717) is 17.2 Å². The van der Waals surface area contributed by atoms with Crippen molar-refractivity contribution < 1.29 is 9.18 Å². The quantitative estimate of drug-likeness (QED) is 0.936. The Balaban J connectivity index is 1.59. The summed E-state index contributed by atoms with van der Waals surface area (Å²) in [4.78, 5) is 22.9. The lowest BCUT2D eigenvalue weighted by Crippen LogP contribution is -2.26. The lowest BCUT2D eigenvalue weighted by molar-refractivity contribution is -0.115. The van der Waals surface area contributed by atoms with Crippen molar-refractivity contribution in [3.05, 3.63) is 48.0 Å². The van der Waals surface area contributed by atoms with Crippen molar-refractivity contribution in [3.8, 4) is 0 Å². The van der Waals surface area contributed by atoms with E-state index in [4.69, 9.17) is 0 Å². The van der Waals surface area contributed by atoms with Crippen LogP contribution in [0.4, 0.5) is 16.0 Å². The van der Waals surface area contributed by atoms with Crippen molar-refractivity contribution in [2.24, 2.45) is 0 Å². The first-order valence-electron chi connectivity index (χ1n) is 8.32. The molecule has 5 nitrogen and oxygen atoms in total. The van der Waals surface area contributed by atoms with Gasteiger partial charge in [-0.1, -0.05) is 31.0 Å². The van der Waals surface area contributed by atoms with Gasteiger partial charge in [-0.25, -0.2) is 14.4 Å². The number of rotatable bonds is 4. The summed E-state index contributed by atoms with van der Waals surface area (Å²) in [6.45, 7) is 1.94. The van der Waals surface area contributed by atoms with Gasteiger partial charge >= 0.3 is 0 Å². The molecule has 2 aromatic rings. The Hall–Kier alpha value is -2.50. The van der Waals surface area contributed by atoms with Gasteiger partial charge in [-0.05, 0) is 24.5 Å². The molecule has 1 aliphatic heterocycles. The first kappa shape index (κ1) is 16.4. The molecule has 1 saturated heterocycles. The number of hydrogen-bond acceptors (Lipinski definition) is 4. The molecule has 3 rings (SSSR count). The van der Waals surface area contributed by atoms with Crippen LogP contribution in [0, 0.1) is 5.82 Å². The summed E-state index contributed by atoms with van der Waals surface area (Å²) in [6, 6.07) is 6.27. The van der Waals surface area contributed by atoms with Crippen molar-refractivity contribution >= 4 is 17.5 Å². The van der Waals surface area contributed by atoms with Crippen molar-refractivity contribution in [2.75, 3.05) is 23.3 Å². The van der Waals surface area contributed by atoms with Gasteiger partial charge in [0.05, 0.1) is 24.5 Å². The number of nitrogens with zero attached hydrogens (tertiary/aromatic N) is 3. The predicted octanol–water partition coefficient (Wildman–Crippen LogP) is 3.18. The minimum atomic E-state index is -0.375. The summed E-state index contributed by atoms with van der Waals surface area (Å²) < 4.78 is 13.6. The predicted molar refractivity (Wildman–Crippen MR) is 91.4 cm³/mol. The lowest BCUT2D eigenvalue weighted by atomic mass is 10.1. The fraction of sp³-hybridized carbons (Fsp3) is 0.389. The molecule has 24 heavy (non-hydrogen) atoms. The Labute approximate surface area is 140 Å². The van der Waals surface area contributed by atoms with E-state index in [-0.39, 0.29) is 18.1 Å². The van der Waals surface area contributed by atoms with E-state index in [1.165, 1.54) is 18.9 Å². The average molecular weight is 328 g/mol. The van der Waals surface area contributed by atoms with Crippen LogP contribution in [0.5, 0.6) is 0 Å². The van der Waals surface area contributed by atoms with Crippen molar-refractivity contribution in [3.63, 3.8) is 0 Å². The van der Waals surface area contributed by atoms with Gasteiger partial charge in [0.2, 0.25) is 11.9 Å². The fourth-order valence-electron chi connectivity index (χ4n) is 2.84. The molecule has 1 amide bonds. The Morgan fingerprint density at radius 1 is 1.08 bits per heavy atom. The monoisotopic (exact) mass is 328 g/mol. The number of hydrogen-bond donors (Lipinski definition) is 1. The highest BCUT2D eigenvalue weighted by molar-refractivity contribution is 5.92. The van der Waals surface area contributed by atoms with Gasteiger partial charge in [-0.3, -0.25) is 4.79 Å². The molecule has 126 valence electrons. The zero-order valence-electron chi connectivity index (χ0n) is 13.5. The molecule has 0 radical (unpaired) electrons. The Bertz CT molecular complexity index is 682. The van der Waals surface area contributed by atoms with Crippen LogP contribution in [0.3, 0.4) is 0 Å². The number of aromatic nitrogens is 2. The van der Waals surface area contributed by atoms with Gasteiger partial charge < -0.3 is 10.2 Å². The summed E-state index contributed by atoms with van der Waals surface area (Å²) in [5, 5.41) is 2.71. The molecule has 1 aromatic heterocycles. The molecule has 0 saturated carbocycles. The molecule has 1 N–H and O–H groups in total. The lowest BCUT2D eigenvalue weighted by Gasteiger charge is -2.19. The number of carbonyl (C=O) groups is 1. The third-order valence-electron chi connectivity index (χ3n) is 4.12. The highest BCUT2D eigenvalue weighted by Gasteiger charge is 2.13. The van der Waals surface area contributed by atoms with Gasteiger partial charge in [-0.15, -0.1) is 0 Å². The fourth-order valence-corrected chi connectivity index (χ4v) is 2.84. The molecule has 0 bridgehead atoms. The molecule has 1 aliphatic rings. The van der Waals surface area contributed by atoms with E-state index in [2.05, 4.69) is 20.2 Å². The molecular weight excluding hydrogens is 307 g/mol. The highest BCUT2D eigenvalue weighted by atomic mass is 19.1. The normalized spacial score (nSPS) is 15.0. The SMILES string of the molecule is O=C(Cc1ccccc1F)Nc1cnc(N2CCCCCC2)nc1. The number of benzene rings is 1. The van der Waals surface area contributed by atoms with E-state index >= 15 is 0 Å². The topological polar surface area (TPSA) is 58.1 Å². The van der Waals surface area contributed by atoms with Crippen LogP contribution in [0.1, 0.15) is 31.2 Å². The van der Waals surface area contributed by atoms with Crippen LogP contribution in [-0.4, -0.2) is 29.0 Å². The largest absolute Gasteiger partial charge is 0.341 e. The van der Waals surface area contributed by atoms with Crippen LogP contribution in [0.15, 0.2) is 36.7 Å². The Kier molecular flexibility index (Phi) is 5.36. The highest BCUT2D eigenvalue weighted by Crippen LogP contribution is 2.16. The van der Waals surface area contributed by atoms with Crippen LogP contribution in [0.25, 0.3) is 0 Å². The molecule has 0 aliphatic carbocycles. The van der Waals surface area contributed by atoms with Gasteiger partial charge in [0, 0.05) is 13.1 Å². The second kappa shape index (κ2) is 7.86. The first-order chi connectivity index (χ1) is 11.7. The van der Waals surface area contributed by atoms with Crippen molar-refractivity contribution in [2.45, 2.75) is 32.1 Å². The summed E-state index contributed by atoms with van der Waals surface area (Å²) >= 11 is 0.